The monoisotopic (exact) mass is 157 g/mol. The van der Waals surface area contributed by atoms with E-state index in [2.05, 4.69) is 0 Å². The number of carbonyl (C=O) groups is 1. The summed E-state index contributed by atoms with van der Waals surface area (Å²) in [7, 11) is 1.62. The molecule has 3 heteroatoms. The predicted molar refractivity (Wildman–Crippen MR) is 44.1 cm³/mol. The van der Waals surface area contributed by atoms with Crippen molar-refractivity contribution in [2.75, 3.05) is 13.7 Å². The minimum atomic E-state index is 0.565. The highest BCUT2D eigenvalue weighted by Crippen LogP contribution is 1.97. The van der Waals surface area contributed by atoms with Crippen LogP contribution in [0.25, 0.3) is 0 Å². The third kappa shape index (κ3) is 7.19. The highest BCUT2D eigenvalue weighted by Gasteiger charge is 1.95. The molecule has 0 fully saturated rings. The van der Waals surface area contributed by atoms with E-state index < -0.39 is 0 Å². The van der Waals surface area contributed by atoms with Crippen LogP contribution in [0.1, 0.15) is 25.7 Å². The first-order valence-electron chi connectivity index (χ1n) is 3.80. The number of hydrogen-bond donors (Lipinski definition) is 1. The molecule has 0 aromatic carbocycles. The van der Waals surface area contributed by atoms with Gasteiger partial charge in [-0.1, -0.05) is 0 Å². The molecule has 0 amide bonds. The summed E-state index contributed by atoms with van der Waals surface area (Å²) in [6, 6.07) is 0. The summed E-state index contributed by atoms with van der Waals surface area (Å²) in [4.78, 5) is 9.91. The lowest BCUT2D eigenvalue weighted by atomic mass is 10.1. The Morgan fingerprint density at radius 2 is 2.27 bits per heavy atom. The topological polar surface area (TPSA) is 50.1 Å². The zero-order chi connectivity index (χ0) is 8.53. The van der Waals surface area contributed by atoms with Crippen LogP contribution in [0.5, 0.6) is 0 Å². The molecule has 0 spiro atoms. The predicted octanol–water partition coefficient (Wildman–Crippen LogP) is 1.41. The number of nitrogens with one attached hydrogen (secondary N) is 1. The van der Waals surface area contributed by atoms with Crippen LogP contribution in [-0.4, -0.2) is 25.7 Å². The largest absolute Gasteiger partial charge is 0.384 e. The summed E-state index contributed by atoms with van der Waals surface area (Å²) in [5.41, 5.74) is 0.675. The fraction of sp³-hybridized carbons (Fsp3) is 0.750. The molecule has 0 rings (SSSR count). The highest BCUT2D eigenvalue weighted by atomic mass is 16.5. The molecule has 0 aliphatic rings. The normalized spacial score (nSPS) is 9.55. The first-order chi connectivity index (χ1) is 5.31. The van der Waals surface area contributed by atoms with Crippen LogP contribution in [0, 0.1) is 5.41 Å². The van der Waals surface area contributed by atoms with Crippen molar-refractivity contribution in [3.63, 3.8) is 0 Å². The van der Waals surface area contributed by atoms with Crippen LogP contribution in [-0.2, 0) is 9.53 Å². The van der Waals surface area contributed by atoms with E-state index in [-0.39, 0.29) is 0 Å². The maximum atomic E-state index is 9.91. The van der Waals surface area contributed by atoms with Gasteiger partial charge in [-0.05, 0) is 12.8 Å². The Balaban J connectivity index is 3.15. The minimum absolute atomic E-state index is 0.565. The van der Waals surface area contributed by atoms with E-state index in [4.69, 9.17) is 10.1 Å². The average molecular weight is 157 g/mol. The summed E-state index contributed by atoms with van der Waals surface area (Å²) in [5, 5.41) is 7.37. The molecule has 0 heterocycles. The van der Waals surface area contributed by atoms with Crippen LogP contribution in [0.4, 0.5) is 0 Å². The van der Waals surface area contributed by atoms with Crippen molar-refractivity contribution in [2.45, 2.75) is 25.7 Å². The molecular formula is C8H15NO2. The average Bonchev–Trinajstić information content (AvgIpc) is 2.01. The number of hydrogen-bond acceptors (Lipinski definition) is 3. The van der Waals surface area contributed by atoms with Gasteiger partial charge in [0, 0.05) is 25.7 Å². The number of methoxy groups -OCH3 is 1. The Hall–Kier alpha value is -0.700. The van der Waals surface area contributed by atoms with E-state index in [1.165, 1.54) is 0 Å². The maximum Gasteiger partial charge on any atom is 0.120 e. The lowest BCUT2D eigenvalue weighted by Crippen LogP contribution is -2.01. The number of unbranched alkanes of at least 4 members (excludes halogenated alkanes) is 1. The zero-order valence-corrected chi connectivity index (χ0v) is 6.93. The summed E-state index contributed by atoms with van der Waals surface area (Å²) in [6.07, 6.45) is 3.67. The molecule has 0 radical (unpaired) electrons. The first kappa shape index (κ1) is 10.3. The first-order valence-corrected chi connectivity index (χ1v) is 3.80. The molecule has 3 nitrogen and oxygen atoms in total. The second-order valence-corrected chi connectivity index (χ2v) is 2.41. The molecule has 0 aromatic rings. The van der Waals surface area contributed by atoms with Crippen LogP contribution in [0.15, 0.2) is 0 Å². The van der Waals surface area contributed by atoms with Gasteiger partial charge in [-0.25, -0.2) is 0 Å². The van der Waals surface area contributed by atoms with Gasteiger partial charge in [0.1, 0.15) is 6.29 Å². The molecule has 0 saturated heterocycles. The third-order valence-corrected chi connectivity index (χ3v) is 1.41. The van der Waals surface area contributed by atoms with E-state index >= 15 is 0 Å². The van der Waals surface area contributed by atoms with Crippen molar-refractivity contribution < 1.29 is 9.53 Å². The van der Waals surface area contributed by atoms with Gasteiger partial charge in [0.2, 0.25) is 0 Å². The number of ether oxygens (including phenoxy) is 1. The van der Waals surface area contributed by atoms with Crippen molar-refractivity contribution in [2.24, 2.45) is 0 Å². The Kier molecular flexibility index (Phi) is 6.94. The minimum Gasteiger partial charge on any atom is -0.384 e. The van der Waals surface area contributed by atoms with Gasteiger partial charge in [-0.2, -0.15) is 0 Å². The number of rotatable bonds is 7. The summed E-state index contributed by atoms with van der Waals surface area (Å²) < 4.78 is 4.81. The Morgan fingerprint density at radius 1 is 1.55 bits per heavy atom. The van der Waals surface area contributed by atoms with E-state index in [0.29, 0.717) is 25.2 Å². The van der Waals surface area contributed by atoms with Gasteiger partial charge in [0.25, 0.3) is 0 Å². The van der Waals surface area contributed by atoms with Crippen molar-refractivity contribution in [3.05, 3.63) is 0 Å². The van der Waals surface area contributed by atoms with E-state index in [1.54, 1.807) is 7.11 Å². The molecule has 0 atom stereocenters. The standard InChI is InChI=1S/C8H15NO2/c1-11-7-5-8(9)4-2-3-6-10/h6,9H,2-5,7H2,1H3. The second-order valence-electron chi connectivity index (χ2n) is 2.41. The zero-order valence-electron chi connectivity index (χ0n) is 6.93. The molecule has 0 aliphatic carbocycles. The van der Waals surface area contributed by atoms with Gasteiger partial charge in [0.05, 0.1) is 6.61 Å². The smallest absolute Gasteiger partial charge is 0.120 e. The summed E-state index contributed by atoms with van der Waals surface area (Å²) >= 11 is 0. The molecule has 0 aliphatic heterocycles. The van der Waals surface area contributed by atoms with Gasteiger partial charge in [0.15, 0.2) is 0 Å². The molecule has 0 saturated carbocycles. The van der Waals surface area contributed by atoms with Gasteiger partial charge in [-0.3, -0.25) is 0 Å². The van der Waals surface area contributed by atoms with Crippen molar-refractivity contribution in [3.8, 4) is 0 Å². The lowest BCUT2D eigenvalue weighted by Gasteiger charge is -2.00. The van der Waals surface area contributed by atoms with Crippen molar-refractivity contribution in [1.82, 2.24) is 0 Å². The summed E-state index contributed by atoms with van der Waals surface area (Å²) in [5.74, 6) is 0. The Morgan fingerprint density at radius 3 is 2.82 bits per heavy atom. The van der Waals surface area contributed by atoms with Crippen molar-refractivity contribution >= 4 is 12.0 Å². The Bertz CT molecular complexity index is 123. The molecule has 0 bridgehead atoms. The van der Waals surface area contributed by atoms with Crippen LogP contribution in [0.2, 0.25) is 0 Å². The number of aldehydes is 1. The number of carbonyl (C=O) groups excluding carboxylic acids is 1. The fourth-order valence-electron chi connectivity index (χ4n) is 0.749. The van der Waals surface area contributed by atoms with E-state index in [9.17, 15) is 4.79 Å². The maximum absolute atomic E-state index is 9.91. The molecule has 64 valence electrons. The van der Waals surface area contributed by atoms with Crippen LogP contribution in [0.3, 0.4) is 0 Å². The quantitative estimate of drug-likeness (QED) is 0.345. The van der Waals surface area contributed by atoms with Gasteiger partial charge in [-0.15, -0.1) is 0 Å². The highest BCUT2D eigenvalue weighted by molar-refractivity contribution is 5.81. The second kappa shape index (κ2) is 7.41. The Labute approximate surface area is 67.3 Å². The lowest BCUT2D eigenvalue weighted by molar-refractivity contribution is -0.107. The third-order valence-electron chi connectivity index (χ3n) is 1.41. The van der Waals surface area contributed by atoms with Gasteiger partial charge < -0.3 is 14.9 Å². The van der Waals surface area contributed by atoms with E-state index in [0.717, 1.165) is 19.1 Å². The molecule has 1 N–H and O–H groups in total. The van der Waals surface area contributed by atoms with E-state index in [1.807, 2.05) is 0 Å². The SMILES string of the molecule is COCCC(=N)CCCC=O. The summed E-state index contributed by atoms with van der Waals surface area (Å²) in [6.45, 7) is 0.611. The molecular weight excluding hydrogens is 142 g/mol. The van der Waals surface area contributed by atoms with Crippen molar-refractivity contribution in [1.29, 1.82) is 5.41 Å². The molecule has 11 heavy (non-hydrogen) atoms. The van der Waals surface area contributed by atoms with Gasteiger partial charge >= 0.3 is 0 Å². The fourth-order valence-corrected chi connectivity index (χ4v) is 0.749. The van der Waals surface area contributed by atoms with Crippen LogP contribution >= 0.6 is 0 Å². The van der Waals surface area contributed by atoms with Crippen LogP contribution < -0.4 is 0 Å². The molecule has 0 unspecified atom stereocenters. The molecule has 0 aromatic heterocycles.